The number of nitrogens with two attached hydrogens (primary N) is 1. The van der Waals surface area contributed by atoms with Gasteiger partial charge in [-0.15, -0.1) is 0 Å². The fourth-order valence-electron chi connectivity index (χ4n) is 0.277. The topological polar surface area (TPSA) is 46.4 Å². The van der Waals surface area contributed by atoms with Crippen molar-refractivity contribution in [3.63, 3.8) is 0 Å². The molecule has 0 atom stereocenters. The number of aromatic nitrogens is 1. The summed E-state index contributed by atoms with van der Waals surface area (Å²) in [6.45, 7) is 6.81. The van der Waals surface area contributed by atoms with Gasteiger partial charge in [-0.2, -0.15) is 18.2 Å². The van der Waals surface area contributed by atoms with Gasteiger partial charge in [0.2, 0.25) is 0 Å². The molecule has 0 spiro atoms. The molecule has 71 valence electrons. The molecule has 0 aromatic carbocycles. The molecular formula is C8H15N2NiSi. The maximum Gasteiger partial charge on any atom is 2.00 e. The summed E-state index contributed by atoms with van der Waals surface area (Å²) in [4.78, 5) is 3.66. The minimum absolute atomic E-state index is 0. The number of rotatable bonds is 0. The van der Waals surface area contributed by atoms with Gasteiger partial charge in [0.1, 0.15) is 0 Å². The van der Waals surface area contributed by atoms with Gasteiger partial charge in [-0.1, -0.05) is 32.0 Å². The summed E-state index contributed by atoms with van der Waals surface area (Å²) in [5, 5.41) is 0. The second-order valence-electron chi connectivity index (χ2n) is 2.46. The molecule has 1 heterocycles. The van der Waals surface area contributed by atoms with Crippen LogP contribution in [0.15, 0.2) is 24.4 Å². The smallest absolute Gasteiger partial charge is 0.693 e. The van der Waals surface area contributed by atoms with Gasteiger partial charge in [0.05, 0.1) is 0 Å². The first kappa shape index (κ1) is 17.8. The standard InChI is InChI=1S/C5H4N.C3H9Si.H2N.Ni/c1-2-4-6-5-3-1;1-4(2)3;;/h1-4H;1-3H3;1H2;/q-1;;-1;+2. The van der Waals surface area contributed by atoms with E-state index in [1.165, 1.54) is 0 Å². The predicted octanol–water partition coefficient (Wildman–Crippen LogP) is 2.97. The van der Waals surface area contributed by atoms with E-state index in [1.807, 2.05) is 12.1 Å². The van der Waals surface area contributed by atoms with Crippen LogP contribution in [-0.2, 0) is 16.5 Å². The fraction of sp³-hybridized carbons (Fsp3) is 0.375. The summed E-state index contributed by atoms with van der Waals surface area (Å²) in [5.74, 6) is 0. The third-order valence-electron chi connectivity index (χ3n) is 0.517. The quantitative estimate of drug-likeness (QED) is 0.495. The maximum atomic E-state index is 3.66. The normalized spacial score (nSPS) is 7.00. The zero-order valence-electron chi connectivity index (χ0n) is 7.65. The van der Waals surface area contributed by atoms with Crippen molar-refractivity contribution in [2.75, 3.05) is 0 Å². The Bertz CT molecular complexity index is 118. The van der Waals surface area contributed by atoms with Crippen molar-refractivity contribution in [1.82, 2.24) is 4.98 Å². The molecule has 0 fully saturated rings. The van der Waals surface area contributed by atoms with Gasteiger partial charge in [0.25, 0.3) is 0 Å². The number of pyridine rings is 1. The van der Waals surface area contributed by atoms with Gasteiger partial charge in [0.15, 0.2) is 0 Å². The van der Waals surface area contributed by atoms with Gasteiger partial charge >= 0.3 is 16.5 Å². The van der Waals surface area contributed by atoms with E-state index in [2.05, 4.69) is 30.8 Å². The molecule has 0 aliphatic carbocycles. The molecular weight excluding hydrogens is 211 g/mol. The molecule has 1 rings (SSSR count). The van der Waals surface area contributed by atoms with Crippen molar-refractivity contribution < 1.29 is 16.5 Å². The van der Waals surface area contributed by atoms with E-state index < -0.39 is 0 Å². The molecule has 0 aliphatic heterocycles. The minimum atomic E-state index is 0. The predicted molar refractivity (Wildman–Crippen MR) is 51.7 cm³/mol. The van der Waals surface area contributed by atoms with Crippen LogP contribution in [0, 0.1) is 6.20 Å². The Morgan fingerprint density at radius 1 is 1.17 bits per heavy atom. The van der Waals surface area contributed by atoms with Crippen molar-refractivity contribution in [1.29, 1.82) is 0 Å². The van der Waals surface area contributed by atoms with E-state index in [-0.39, 0.29) is 31.4 Å². The van der Waals surface area contributed by atoms with Crippen LogP contribution >= 0.6 is 0 Å². The number of hydrogen-bond acceptors (Lipinski definition) is 1. The van der Waals surface area contributed by atoms with Crippen LogP contribution in [0.25, 0.3) is 6.15 Å². The molecule has 2 nitrogen and oxygen atoms in total. The molecule has 0 aliphatic rings. The van der Waals surface area contributed by atoms with Crippen molar-refractivity contribution >= 4 is 8.80 Å². The second-order valence-corrected chi connectivity index (χ2v) is 5.46. The van der Waals surface area contributed by atoms with E-state index in [1.54, 1.807) is 12.3 Å². The van der Waals surface area contributed by atoms with Crippen molar-refractivity contribution in [3.05, 3.63) is 36.7 Å². The van der Waals surface area contributed by atoms with E-state index in [0.29, 0.717) is 0 Å². The van der Waals surface area contributed by atoms with E-state index in [4.69, 9.17) is 0 Å². The van der Waals surface area contributed by atoms with Crippen molar-refractivity contribution in [2.24, 2.45) is 0 Å². The molecule has 1 radical (unpaired) electrons. The summed E-state index contributed by atoms with van der Waals surface area (Å²) in [7, 11) is 0.120. The van der Waals surface area contributed by atoms with Gasteiger partial charge in [-0.05, 0) is 0 Å². The molecule has 0 unspecified atom stereocenters. The fourth-order valence-corrected chi connectivity index (χ4v) is 0.277. The maximum absolute atomic E-state index is 3.66. The van der Waals surface area contributed by atoms with E-state index >= 15 is 0 Å². The Hall–Kier alpha value is -0.180. The first-order valence-electron chi connectivity index (χ1n) is 3.27. The zero-order valence-corrected chi connectivity index (χ0v) is 9.64. The van der Waals surface area contributed by atoms with E-state index in [0.717, 1.165) is 0 Å². The summed E-state index contributed by atoms with van der Waals surface area (Å²) >= 11 is 0. The monoisotopic (exact) mass is 225 g/mol. The second kappa shape index (κ2) is 13.4. The van der Waals surface area contributed by atoms with Crippen LogP contribution in [-0.4, -0.2) is 13.8 Å². The molecule has 4 heteroatoms. The first-order valence-corrected chi connectivity index (χ1v) is 6.27. The van der Waals surface area contributed by atoms with Crippen LogP contribution in [0.4, 0.5) is 0 Å². The number of hydrogen-bond donors (Lipinski definition) is 0. The third kappa shape index (κ3) is 22.6. The third-order valence-corrected chi connectivity index (χ3v) is 0.517. The van der Waals surface area contributed by atoms with Crippen LogP contribution in [0.3, 0.4) is 0 Å². The van der Waals surface area contributed by atoms with Crippen LogP contribution < -0.4 is 0 Å². The van der Waals surface area contributed by atoms with Crippen molar-refractivity contribution in [3.8, 4) is 0 Å². The minimum Gasteiger partial charge on any atom is -0.693 e. The zero-order chi connectivity index (χ0) is 7.82. The van der Waals surface area contributed by atoms with Crippen LogP contribution in [0.5, 0.6) is 0 Å². The molecule has 1 aromatic heterocycles. The van der Waals surface area contributed by atoms with E-state index in [9.17, 15) is 0 Å². The largest absolute Gasteiger partial charge is 2.00 e. The Morgan fingerprint density at radius 2 is 1.67 bits per heavy atom. The van der Waals surface area contributed by atoms with Crippen molar-refractivity contribution in [2.45, 2.75) is 19.6 Å². The summed E-state index contributed by atoms with van der Waals surface area (Å²) < 4.78 is 0. The van der Waals surface area contributed by atoms with Gasteiger partial charge < -0.3 is 11.1 Å². The summed E-state index contributed by atoms with van der Waals surface area (Å²) in [6.07, 6.45) is 4.34. The van der Waals surface area contributed by atoms with Gasteiger partial charge in [-0.25, -0.2) is 0 Å². The first-order chi connectivity index (χ1) is 4.73. The SMILES string of the molecule is C[Si](C)C.[NH2-].[Ni+2].[c-]1ccccn1. The Kier molecular flexibility index (Phi) is 19.9. The summed E-state index contributed by atoms with van der Waals surface area (Å²) in [6, 6.07) is 5.50. The van der Waals surface area contributed by atoms with Crippen LogP contribution in [0.1, 0.15) is 0 Å². The van der Waals surface area contributed by atoms with Gasteiger partial charge in [-0.3, -0.25) is 0 Å². The average molecular weight is 226 g/mol. The van der Waals surface area contributed by atoms with Crippen LogP contribution in [0.2, 0.25) is 19.6 Å². The molecule has 2 N–H and O–H groups in total. The number of nitrogens with zero attached hydrogens (tertiary/aromatic N) is 1. The molecule has 12 heavy (non-hydrogen) atoms. The van der Waals surface area contributed by atoms with Gasteiger partial charge in [0, 0.05) is 8.80 Å². The Balaban J connectivity index is -0.000000124. The molecule has 0 amide bonds. The molecule has 0 bridgehead atoms. The summed E-state index contributed by atoms with van der Waals surface area (Å²) in [5.41, 5.74) is 0. The Labute approximate surface area is 86.9 Å². The average Bonchev–Trinajstić information content (AvgIpc) is 1.90. The Morgan fingerprint density at radius 3 is 1.75 bits per heavy atom. The molecule has 0 saturated heterocycles. The molecule has 0 saturated carbocycles. The molecule has 1 aromatic rings.